The van der Waals surface area contributed by atoms with Crippen LogP contribution in [0.5, 0.6) is 0 Å². The van der Waals surface area contributed by atoms with Crippen molar-refractivity contribution in [2.45, 2.75) is 95.9 Å². The third-order valence-corrected chi connectivity index (χ3v) is 10.9. The second-order valence-electron chi connectivity index (χ2n) is 11.8. The first-order valence-corrected chi connectivity index (χ1v) is 11.9. The third-order valence-electron chi connectivity index (χ3n) is 10.9. The van der Waals surface area contributed by atoms with E-state index in [1.807, 2.05) is 0 Å². The molecule has 4 heteroatoms. The summed E-state index contributed by atoms with van der Waals surface area (Å²) >= 11 is 0. The minimum absolute atomic E-state index is 0.0322. The van der Waals surface area contributed by atoms with Gasteiger partial charge in [0, 0.05) is 13.0 Å². The van der Waals surface area contributed by atoms with Crippen LogP contribution in [0, 0.1) is 46.3 Å². The standard InChI is InChI=1S/C24H40O4/c1-22-9-8-18-19(20(22)16-5-6-17(16)21(22)27)14(4-3-11-25)12-24(28)13-15(26)7-10-23(18,24)2/h14-21,25-28H,3-13H2,1-2H3/t14-,15-,16+,17-,18-,19+,20-,21-,22-,23+,24-/m0/s1. The van der Waals surface area contributed by atoms with Crippen LogP contribution in [0.3, 0.4) is 0 Å². The number of rotatable bonds is 3. The molecule has 0 spiro atoms. The molecule has 0 bridgehead atoms. The maximum Gasteiger partial charge on any atom is 0.0731 e. The SMILES string of the molecule is C[C@]12CC[C@H]3[C@@H]([C@@H](CCCO)C[C@]4(O)C[C@@H](O)CC[C@]34C)[C@@H]1[C@@H]1CC[C@@H]1[C@@H]2O. The quantitative estimate of drug-likeness (QED) is 0.595. The maximum absolute atomic E-state index is 11.8. The van der Waals surface area contributed by atoms with Gasteiger partial charge in [0.1, 0.15) is 0 Å². The smallest absolute Gasteiger partial charge is 0.0731 e. The Balaban J connectivity index is 1.55. The van der Waals surface area contributed by atoms with Crippen LogP contribution in [-0.2, 0) is 0 Å². The van der Waals surface area contributed by atoms with Gasteiger partial charge in [-0.2, -0.15) is 0 Å². The van der Waals surface area contributed by atoms with Gasteiger partial charge in [0.25, 0.3) is 0 Å². The molecule has 5 rings (SSSR count). The Morgan fingerprint density at radius 2 is 1.68 bits per heavy atom. The van der Waals surface area contributed by atoms with E-state index >= 15 is 0 Å². The van der Waals surface area contributed by atoms with Crippen LogP contribution in [0.25, 0.3) is 0 Å². The average molecular weight is 393 g/mol. The number of hydrogen-bond donors (Lipinski definition) is 4. The fourth-order valence-electron chi connectivity index (χ4n) is 9.37. The van der Waals surface area contributed by atoms with Gasteiger partial charge >= 0.3 is 0 Å². The lowest BCUT2D eigenvalue weighted by Crippen LogP contribution is -2.65. The van der Waals surface area contributed by atoms with E-state index in [1.54, 1.807) is 0 Å². The van der Waals surface area contributed by atoms with Crippen LogP contribution in [0.4, 0.5) is 0 Å². The molecule has 5 fully saturated rings. The Bertz CT molecular complexity index is 624. The van der Waals surface area contributed by atoms with E-state index in [0.717, 1.165) is 44.9 Å². The lowest BCUT2D eigenvalue weighted by molar-refractivity contribution is -0.242. The minimum Gasteiger partial charge on any atom is -0.396 e. The molecule has 11 atom stereocenters. The van der Waals surface area contributed by atoms with Crippen molar-refractivity contribution in [1.29, 1.82) is 0 Å². The molecular formula is C24H40O4. The third kappa shape index (κ3) is 2.38. The van der Waals surface area contributed by atoms with Gasteiger partial charge in [0.05, 0.1) is 17.8 Å². The zero-order chi connectivity index (χ0) is 19.9. The van der Waals surface area contributed by atoms with Crippen molar-refractivity contribution in [3.63, 3.8) is 0 Å². The van der Waals surface area contributed by atoms with Crippen LogP contribution in [-0.4, -0.2) is 44.8 Å². The van der Waals surface area contributed by atoms with Gasteiger partial charge in [-0.3, -0.25) is 0 Å². The molecule has 0 aliphatic heterocycles. The van der Waals surface area contributed by atoms with E-state index in [4.69, 9.17) is 0 Å². The highest BCUT2D eigenvalue weighted by molar-refractivity contribution is 5.19. The molecule has 5 saturated carbocycles. The molecule has 5 aliphatic rings. The summed E-state index contributed by atoms with van der Waals surface area (Å²) in [5.41, 5.74) is -0.874. The zero-order valence-corrected chi connectivity index (χ0v) is 17.7. The second kappa shape index (κ2) is 6.42. The lowest BCUT2D eigenvalue weighted by Gasteiger charge is -2.66. The highest BCUT2D eigenvalue weighted by atomic mass is 16.3. The van der Waals surface area contributed by atoms with Crippen LogP contribution < -0.4 is 0 Å². The van der Waals surface area contributed by atoms with E-state index in [9.17, 15) is 20.4 Å². The first-order chi connectivity index (χ1) is 13.2. The highest BCUT2D eigenvalue weighted by Crippen LogP contribution is 2.73. The van der Waals surface area contributed by atoms with Crippen molar-refractivity contribution in [2.24, 2.45) is 46.3 Å². The molecule has 0 radical (unpaired) electrons. The highest BCUT2D eigenvalue weighted by Gasteiger charge is 2.70. The molecule has 0 unspecified atom stereocenters. The number of aliphatic hydroxyl groups excluding tert-OH is 3. The Morgan fingerprint density at radius 1 is 0.929 bits per heavy atom. The van der Waals surface area contributed by atoms with Gasteiger partial charge in [0.15, 0.2) is 0 Å². The van der Waals surface area contributed by atoms with Gasteiger partial charge < -0.3 is 20.4 Å². The first kappa shape index (κ1) is 19.8. The van der Waals surface area contributed by atoms with Crippen LogP contribution in [0.15, 0.2) is 0 Å². The second-order valence-corrected chi connectivity index (χ2v) is 11.8. The summed E-state index contributed by atoms with van der Waals surface area (Å²) in [4.78, 5) is 0. The van der Waals surface area contributed by atoms with Crippen molar-refractivity contribution in [1.82, 2.24) is 0 Å². The van der Waals surface area contributed by atoms with Gasteiger partial charge in [-0.05, 0) is 104 Å². The van der Waals surface area contributed by atoms with Crippen molar-refractivity contribution in [2.75, 3.05) is 6.61 Å². The molecular weight excluding hydrogens is 352 g/mol. The monoisotopic (exact) mass is 392 g/mol. The maximum atomic E-state index is 11.8. The Morgan fingerprint density at radius 3 is 2.36 bits per heavy atom. The zero-order valence-electron chi connectivity index (χ0n) is 17.7. The fourth-order valence-corrected chi connectivity index (χ4v) is 9.37. The molecule has 0 saturated heterocycles. The number of aliphatic hydroxyl groups is 4. The van der Waals surface area contributed by atoms with Crippen LogP contribution in [0.1, 0.15) is 78.1 Å². The summed E-state index contributed by atoms with van der Waals surface area (Å²) < 4.78 is 0. The molecule has 160 valence electrons. The minimum atomic E-state index is -0.782. The molecule has 0 aromatic rings. The Labute approximate surface area is 169 Å². The normalized spacial score (nSPS) is 60.2. The summed E-state index contributed by atoms with van der Waals surface area (Å²) in [6.45, 7) is 4.88. The van der Waals surface area contributed by atoms with Crippen LogP contribution >= 0.6 is 0 Å². The predicted molar refractivity (Wildman–Crippen MR) is 107 cm³/mol. The summed E-state index contributed by atoms with van der Waals surface area (Å²) in [6.07, 6.45) is 8.84. The van der Waals surface area contributed by atoms with Crippen molar-refractivity contribution in [3.8, 4) is 0 Å². The molecule has 0 amide bonds. The van der Waals surface area contributed by atoms with E-state index in [0.29, 0.717) is 41.9 Å². The number of hydrogen-bond acceptors (Lipinski definition) is 4. The van der Waals surface area contributed by atoms with E-state index in [2.05, 4.69) is 13.8 Å². The molecule has 0 aromatic heterocycles. The van der Waals surface area contributed by atoms with Gasteiger partial charge in [-0.15, -0.1) is 0 Å². The van der Waals surface area contributed by atoms with Gasteiger partial charge in [0.2, 0.25) is 0 Å². The summed E-state index contributed by atoms with van der Waals surface area (Å²) in [6, 6.07) is 0. The van der Waals surface area contributed by atoms with Crippen LogP contribution in [0.2, 0.25) is 0 Å². The van der Waals surface area contributed by atoms with E-state index < -0.39 is 5.60 Å². The molecule has 4 N–H and O–H groups in total. The summed E-state index contributed by atoms with van der Waals surface area (Å²) in [5, 5.41) is 42.9. The Kier molecular flexibility index (Phi) is 4.53. The van der Waals surface area contributed by atoms with Crippen molar-refractivity contribution in [3.05, 3.63) is 0 Å². The Hall–Kier alpha value is -0.160. The fraction of sp³-hybridized carbons (Fsp3) is 1.00. The first-order valence-electron chi connectivity index (χ1n) is 11.9. The predicted octanol–water partition coefficient (Wildman–Crippen LogP) is 3.11. The lowest BCUT2D eigenvalue weighted by atomic mass is 9.40. The molecule has 0 aromatic carbocycles. The van der Waals surface area contributed by atoms with E-state index in [1.165, 1.54) is 12.8 Å². The largest absolute Gasteiger partial charge is 0.396 e. The summed E-state index contributed by atoms with van der Waals surface area (Å²) in [5.74, 6) is 3.15. The van der Waals surface area contributed by atoms with E-state index in [-0.39, 0.29) is 29.6 Å². The van der Waals surface area contributed by atoms with Crippen molar-refractivity contribution >= 4 is 0 Å². The van der Waals surface area contributed by atoms with Gasteiger partial charge in [-0.1, -0.05) is 13.8 Å². The van der Waals surface area contributed by atoms with Crippen molar-refractivity contribution < 1.29 is 20.4 Å². The molecule has 4 nitrogen and oxygen atoms in total. The average Bonchev–Trinajstić information content (AvgIpc) is 2.76. The molecule has 5 aliphatic carbocycles. The summed E-state index contributed by atoms with van der Waals surface area (Å²) in [7, 11) is 0. The number of fused-ring (bicyclic) bond motifs is 7. The van der Waals surface area contributed by atoms with Gasteiger partial charge in [-0.25, -0.2) is 0 Å². The topological polar surface area (TPSA) is 80.9 Å². The molecule has 28 heavy (non-hydrogen) atoms. The molecule has 0 heterocycles.